The minimum absolute atomic E-state index is 1.25. The first kappa shape index (κ1) is 16.6. The van der Waals surface area contributed by atoms with Gasteiger partial charge in [-0.25, -0.2) is 11.1 Å². The third kappa shape index (κ3) is 53.6. The van der Waals surface area contributed by atoms with Gasteiger partial charge in [-0.15, -0.1) is 0 Å². The van der Waals surface area contributed by atoms with Crippen LogP contribution >= 0.6 is 0 Å². The van der Waals surface area contributed by atoms with Gasteiger partial charge < -0.3 is 15.2 Å². The number of rotatable bonds is 0. The van der Waals surface area contributed by atoms with Gasteiger partial charge in [0.15, 0.2) is 0 Å². The second-order valence-electron chi connectivity index (χ2n) is 0.144. The standard InChI is InChI=1S/CH3NO.CH2O.H3NO/c1-2-3;2*1-2/h2H,1H2;1H2;2H,1H2. The van der Waals surface area contributed by atoms with Gasteiger partial charge in [0.25, 0.3) is 0 Å². The van der Waals surface area contributed by atoms with E-state index in [1.54, 1.807) is 0 Å². The highest BCUT2D eigenvalue weighted by Crippen LogP contribution is 0.558. The number of carbonyl (C=O) groups is 1. The number of hydrogen-bond donors (Lipinski definition) is 3. The predicted molar refractivity (Wildman–Crippen MR) is 24.5 cm³/mol. The maximum absolute atomic E-state index is 8.57. The van der Waals surface area contributed by atoms with Gasteiger partial charge in [-0.3, -0.25) is 0 Å². The molecule has 0 bridgehead atoms. The number of nitrogens with two attached hydrogens (primary N) is 1. The fourth-order valence-corrected chi connectivity index (χ4v) is 0. The van der Waals surface area contributed by atoms with E-state index in [4.69, 9.17) is 15.2 Å². The van der Waals surface area contributed by atoms with E-state index in [2.05, 4.69) is 12.6 Å². The molecule has 0 aliphatic rings. The topological polar surface area (TPSA) is 100 Å². The Morgan fingerprint density at radius 1 is 1.57 bits per heavy atom. The van der Waals surface area contributed by atoms with Crippen molar-refractivity contribution in [3.8, 4) is 0 Å². The summed E-state index contributed by atoms with van der Waals surface area (Å²) in [7, 11) is 0. The Morgan fingerprint density at radius 3 is 1.57 bits per heavy atom. The van der Waals surface area contributed by atoms with E-state index < -0.39 is 0 Å². The molecular weight excluding hydrogens is 100 g/mol. The summed E-state index contributed by atoms with van der Waals surface area (Å²) in [6.07, 6.45) is 0. The molecule has 0 rings (SSSR count). The lowest BCUT2D eigenvalue weighted by molar-refractivity contribution is -0.361. The van der Waals surface area contributed by atoms with Crippen LogP contribution in [-0.2, 0) is 4.79 Å². The van der Waals surface area contributed by atoms with Crippen molar-refractivity contribution in [1.29, 1.82) is 0 Å². The summed E-state index contributed by atoms with van der Waals surface area (Å²) in [6.45, 7) is 4.68. The highest BCUT2D eigenvalue weighted by atomic mass is 16.4. The minimum atomic E-state index is 1.25. The summed E-state index contributed by atoms with van der Waals surface area (Å²) < 4.78 is 0. The van der Waals surface area contributed by atoms with E-state index in [-0.39, 0.29) is 0 Å². The zero-order chi connectivity index (χ0) is 6.71. The van der Waals surface area contributed by atoms with Gasteiger partial charge in [-0.1, -0.05) is 0 Å². The summed E-state index contributed by atoms with van der Waals surface area (Å²) >= 11 is 0. The molecule has 4 N–H and O–H groups in total. The average molecular weight is 108 g/mol. The Hall–Kier alpha value is -0.940. The van der Waals surface area contributed by atoms with Crippen molar-refractivity contribution in [2.45, 2.75) is 0 Å². The van der Waals surface area contributed by atoms with Crippen molar-refractivity contribution in [2.24, 2.45) is 5.90 Å². The van der Waals surface area contributed by atoms with E-state index in [1.165, 1.54) is 5.16 Å². The van der Waals surface area contributed by atoms with E-state index in [1.807, 2.05) is 6.79 Å². The molecule has 0 saturated carbocycles. The maximum Gasteiger partial charge on any atom is 0.136 e. The van der Waals surface area contributed by atoms with Gasteiger partial charge in [-0.2, -0.15) is 0 Å². The molecule has 0 fully saturated rings. The van der Waals surface area contributed by atoms with E-state index in [9.17, 15) is 0 Å². The number of nitrogens with one attached hydrogen (secondary N) is 1. The monoisotopic (exact) mass is 108 g/mol. The van der Waals surface area contributed by atoms with E-state index in [0.717, 1.165) is 0 Å². The van der Waals surface area contributed by atoms with Crippen LogP contribution in [0.3, 0.4) is 0 Å². The van der Waals surface area contributed by atoms with Crippen LogP contribution in [0.5, 0.6) is 0 Å². The van der Waals surface area contributed by atoms with Gasteiger partial charge in [0.1, 0.15) is 13.5 Å². The fraction of sp³-hybridized carbons (Fsp3) is 0. The lowest BCUT2D eigenvalue weighted by Crippen LogP contribution is -2.56. The molecule has 0 heterocycles. The Morgan fingerprint density at radius 2 is 1.57 bits per heavy atom. The van der Waals surface area contributed by atoms with Crippen LogP contribution in [0.4, 0.5) is 0 Å². The SMILES string of the molecule is C=O.C=[NH+][O-].NO. The third-order valence-electron chi connectivity index (χ3n) is 0. The molecule has 0 spiro atoms. The van der Waals surface area contributed by atoms with Crippen molar-refractivity contribution >= 4 is 13.5 Å². The van der Waals surface area contributed by atoms with E-state index >= 15 is 0 Å². The Balaban J connectivity index is -0.0000000360. The molecular formula is C2H8N2O3. The molecule has 0 atom stereocenters. The predicted octanol–water partition coefficient (Wildman–Crippen LogP) is -2.59. The van der Waals surface area contributed by atoms with Crippen molar-refractivity contribution in [3.05, 3.63) is 5.21 Å². The first-order valence-electron chi connectivity index (χ1n) is 1.10. The Labute approximate surface area is 41.0 Å². The number of hydrogen-bond acceptors (Lipinski definition) is 4. The molecule has 0 aliphatic heterocycles. The average Bonchev–Trinajstić information content (AvgIpc) is 1.78. The highest BCUT2D eigenvalue weighted by Gasteiger charge is 0.981. The molecule has 7 heavy (non-hydrogen) atoms. The molecule has 0 aromatic rings. The molecule has 44 valence electrons. The summed E-state index contributed by atoms with van der Waals surface area (Å²) in [5, 5.41) is 16.3. The first-order valence-corrected chi connectivity index (χ1v) is 1.10. The molecule has 0 saturated heterocycles. The van der Waals surface area contributed by atoms with Crippen LogP contribution in [0.25, 0.3) is 0 Å². The molecule has 0 radical (unpaired) electrons. The van der Waals surface area contributed by atoms with Crippen LogP contribution in [0, 0.1) is 5.21 Å². The zero-order valence-electron chi connectivity index (χ0n) is 3.76. The van der Waals surface area contributed by atoms with Crippen LogP contribution in [0.15, 0.2) is 0 Å². The molecule has 5 nitrogen and oxygen atoms in total. The molecule has 0 aliphatic carbocycles. The molecule has 0 unspecified atom stereocenters. The van der Waals surface area contributed by atoms with Crippen molar-refractivity contribution in [3.63, 3.8) is 0 Å². The van der Waals surface area contributed by atoms with Gasteiger partial charge in [-0.05, 0) is 0 Å². The first-order chi connectivity index (χ1) is 3.41. The van der Waals surface area contributed by atoms with Crippen LogP contribution in [0.2, 0.25) is 0 Å². The largest absolute Gasteiger partial charge is 0.626 e. The molecule has 0 amide bonds. The van der Waals surface area contributed by atoms with Gasteiger partial charge in [0, 0.05) is 0 Å². The summed E-state index contributed by atoms with van der Waals surface area (Å²) in [4.78, 5) is 8.00. The maximum atomic E-state index is 8.57. The quantitative estimate of drug-likeness (QED) is 0.180. The fourth-order valence-electron chi connectivity index (χ4n) is 0. The molecule has 5 heteroatoms. The smallest absolute Gasteiger partial charge is 0.136 e. The Kier molecular flexibility index (Phi) is 54800. The van der Waals surface area contributed by atoms with Crippen LogP contribution in [-0.4, -0.2) is 18.7 Å². The number of carbonyl (C=O) groups excluding carboxylic acids is 1. The zero-order valence-corrected chi connectivity index (χ0v) is 3.76. The van der Waals surface area contributed by atoms with Gasteiger partial charge >= 0.3 is 0 Å². The van der Waals surface area contributed by atoms with Crippen molar-refractivity contribution in [2.75, 3.05) is 0 Å². The van der Waals surface area contributed by atoms with Crippen LogP contribution < -0.4 is 11.1 Å². The second-order valence-corrected chi connectivity index (χ2v) is 0.144. The second kappa shape index (κ2) is 23200. The third-order valence-corrected chi connectivity index (χ3v) is 0. The van der Waals surface area contributed by atoms with Crippen molar-refractivity contribution in [1.82, 2.24) is 0 Å². The van der Waals surface area contributed by atoms with Gasteiger partial charge in [0.05, 0.1) is 0 Å². The van der Waals surface area contributed by atoms with Gasteiger partial charge in [0.2, 0.25) is 0 Å². The van der Waals surface area contributed by atoms with Crippen molar-refractivity contribution < 1.29 is 15.2 Å². The lowest BCUT2D eigenvalue weighted by atomic mass is 11.8. The summed E-state index contributed by atoms with van der Waals surface area (Å²) in [5.41, 5.74) is 0. The summed E-state index contributed by atoms with van der Waals surface area (Å²) in [5.74, 6) is 3.50. The summed E-state index contributed by atoms with van der Waals surface area (Å²) in [6, 6.07) is 0. The minimum Gasteiger partial charge on any atom is -0.626 e. The van der Waals surface area contributed by atoms with E-state index in [0.29, 0.717) is 0 Å². The molecule has 0 aromatic carbocycles. The highest BCUT2D eigenvalue weighted by molar-refractivity contribution is 5.12. The normalized spacial score (nSPS) is 3.14. The Bertz CT molecular complexity index is 24.9. The van der Waals surface area contributed by atoms with Crippen LogP contribution in [0.1, 0.15) is 0 Å². The molecule has 0 aromatic heterocycles. The lowest BCUT2D eigenvalue weighted by Gasteiger charge is -1.58.